The van der Waals surface area contributed by atoms with Gasteiger partial charge in [-0.2, -0.15) is 13.2 Å². The fourth-order valence-electron chi connectivity index (χ4n) is 4.57. The van der Waals surface area contributed by atoms with Gasteiger partial charge in [-0.25, -0.2) is 4.79 Å². The van der Waals surface area contributed by atoms with E-state index in [9.17, 15) is 27.9 Å². The molecule has 5 aromatic carbocycles. The largest absolute Gasteiger partial charge is 0.480 e. The Hall–Kier alpha value is -5.37. The first-order valence-electron chi connectivity index (χ1n) is 13.4. The molecule has 5 aromatic rings. The number of halogens is 3. The number of nitrogens with one attached hydrogen (secondary N) is 1. The maximum atomic E-state index is 12.9. The lowest BCUT2D eigenvalue weighted by Gasteiger charge is -2.16. The van der Waals surface area contributed by atoms with Crippen molar-refractivity contribution in [3.05, 3.63) is 144 Å². The molecule has 1 atom stereocenters. The van der Waals surface area contributed by atoms with Crippen molar-refractivity contribution < 1.29 is 32.6 Å². The molecule has 216 valence electrons. The fraction of sp³-hybridized carbons (Fsp3) is 0.0857. The van der Waals surface area contributed by atoms with Crippen molar-refractivity contribution in [2.75, 3.05) is 0 Å². The number of carbonyl (C=O) groups excluding carboxylic acids is 1. The molecule has 0 aliphatic rings. The third-order valence-corrected chi connectivity index (χ3v) is 6.86. The topological polar surface area (TPSA) is 75.6 Å². The number of benzene rings is 5. The van der Waals surface area contributed by atoms with Crippen LogP contribution in [0.15, 0.2) is 127 Å². The van der Waals surface area contributed by atoms with E-state index in [1.807, 2.05) is 78.9 Å². The van der Waals surface area contributed by atoms with E-state index in [1.54, 1.807) is 12.1 Å². The zero-order chi connectivity index (χ0) is 30.4. The highest BCUT2D eigenvalue weighted by molar-refractivity contribution is 5.97. The second-order valence-corrected chi connectivity index (χ2v) is 9.83. The number of amides is 1. The lowest BCUT2D eigenvalue weighted by atomic mass is 9.99. The highest BCUT2D eigenvalue weighted by atomic mass is 19.4. The molecule has 0 saturated heterocycles. The summed E-state index contributed by atoms with van der Waals surface area (Å²) in [4.78, 5) is 24.9. The smallest absolute Gasteiger partial charge is 0.416 e. The second-order valence-electron chi connectivity index (χ2n) is 9.83. The predicted octanol–water partition coefficient (Wildman–Crippen LogP) is 8.26. The van der Waals surface area contributed by atoms with Gasteiger partial charge in [0.05, 0.1) is 5.56 Å². The van der Waals surface area contributed by atoms with E-state index in [4.69, 9.17) is 4.74 Å². The van der Waals surface area contributed by atoms with Crippen molar-refractivity contribution in [1.82, 2.24) is 5.32 Å². The minimum Gasteiger partial charge on any atom is -0.480 e. The SMILES string of the molecule is O=C(N[C@@H](Cc1ccc(-c2ccccc2Oc2ccccc2)cc1)C(=O)O)c1ccc(-c2ccc(C(F)(F)F)cc2)cc1. The molecule has 0 bridgehead atoms. The second kappa shape index (κ2) is 12.7. The van der Waals surface area contributed by atoms with Crippen LogP contribution in [0.1, 0.15) is 21.5 Å². The van der Waals surface area contributed by atoms with E-state index in [1.165, 1.54) is 24.3 Å². The lowest BCUT2D eigenvalue weighted by Crippen LogP contribution is -2.42. The molecule has 1 amide bonds. The standard InChI is InChI=1S/C35H26F3NO4/c36-35(37,38)28-20-18-25(19-21-28)24-14-16-27(17-15-24)33(40)39-31(34(41)42)22-23-10-12-26(13-11-23)30-8-4-5-9-32(30)43-29-6-2-1-3-7-29/h1-21,31H,22H2,(H,39,40)(H,41,42)/t31-/m0/s1. The molecule has 5 rings (SSSR count). The molecule has 0 fully saturated rings. The number of alkyl halides is 3. The van der Waals surface area contributed by atoms with Gasteiger partial charge in [0.15, 0.2) is 0 Å². The van der Waals surface area contributed by atoms with Gasteiger partial charge in [-0.05, 0) is 64.7 Å². The molecular formula is C35H26F3NO4. The third-order valence-electron chi connectivity index (χ3n) is 6.86. The molecule has 43 heavy (non-hydrogen) atoms. The first-order valence-corrected chi connectivity index (χ1v) is 13.4. The Morgan fingerprint density at radius 2 is 1.26 bits per heavy atom. The predicted molar refractivity (Wildman–Crippen MR) is 158 cm³/mol. The number of carboxylic acids is 1. The summed E-state index contributed by atoms with van der Waals surface area (Å²) in [5.74, 6) is -0.363. The van der Waals surface area contributed by atoms with E-state index < -0.39 is 29.7 Å². The van der Waals surface area contributed by atoms with E-state index in [-0.39, 0.29) is 12.0 Å². The van der Waals surface area contributed by atoms with Crippen LogP contribution in [-0.4, -0.2) is 23.0 Å². The first kappa shape index (κ1) is 29.1. The van der Waals surface area contributed by atoms with E-state index in [0.717, 1.165) is 28.8 Å². The number of hydrogen-bond acceptors (Lipinski definition) is 3. The molecule has 0 spiro atoms. The van der Waals surface area contributed by atoms with Crippen LogP contribution in [0.4, 0.5) is 13.2 Å². The van der Waals surface area contributed by atoms with Crippen molar-refractivity contribution in [2.24, 2.45) is 0 Å². The summed E-state index contributed by atoms with van der Waals surface area (Å²) in [7, 11) is 0. The van der Waals surface area contributed by atoms with Crippen molar-refractivity contribution >= 4 is 11.9 Å². The van der Waals surface area contributed by atoms with Crippen molar-refractivity contribution in [1.29, 1.82) is 0 Å². The van der Waals surface area contributed by atoms with Crippen LogP contribution in [0.3, 0.4) is 0 Å². The summed E-state index contributed by atoms with van der Waals surface area (Å²) < 4.78 is 44.6. The minimum absolute atomic E-state index is 0.0627. The van der Waals surface area contributed by atoms with Crippen LogP contribution in [0.2, 0.25) is 0 Å². The maximum Gasteiger partial charge on any atom is 0.416 e. The molecule has 0 aliphatic heterocycles. The summed E-state index contributed by atoms with van der Waals surface area (Å²) in [6.45, 7) is 0. The molecule has 0 unspecified atom stereocenters. The molecule has 2 N–H and O–H groups in total. The lowest BCUT2D eigenvalue weighted by molar-refractivity contribution is -0.139. The number of aliphatic carboxylic acids is 1. The summed E-state index contributed by atoms with van der Waals surface area (Å²) in [6, 6.07) is 34.2. The maximum absolute atomic E-state index is 12.9. The van der Waals surface area contributed by atoms with E-state index in [2.05, 4.69) is 5.32 Å². The average molecular weight is 582 g/mol. The Morgan fingerprint density at radius 3 is 1.86 bits per heavy atom. The Labute approximate surface area is 246 Å². The zero-order valence-corrected chi connectivity index (χ0v) is 22.7. The van der Waals surface area contributed by atoms with E-state index >= 15 is 0 Å². The normalized spacial score (nSPS) is 11.9. The van der Waals surface area contributed by atoms with Crippen LogP contribution in [-0.2, 0) is 17.4 Å². The molecular weight excluding hydrogens is 555 g/mol. The summed E-state index contributed by atoms with van der Waals surface area (Å²) in [6.07, 6.45) is -4.36. The summed E-state index contributed by atoms with van der Waals surface area (Å²) >= 11 is 0. The summed E-state index contributed by atoms with van der Waals surface area (Å²) in [5, 5.41) is 12.4. The molecule has 0 aromatic heterocycles. The highest BCUT2D eigenvalue weighted by Crippen LogP contribution is 2.34. The molecule has 5 nitrogen and oxygen atoms in total. The van der Waals surface area contributed by atoms with Gasteiger partial charge >= 0.3 is 12.1 Å². The minimum atomic E-state index is -4.42. The number of carbonyl (C=O) groups is 2. The Morgan fingerprint density at radius 1 is 0.698 bits per heavy atom. The molecule has 0 heterocycles. The number of hydrogen-bond donors (Lipinski definition) is 2. The van der Waals surface area contributed by atoms with Crippen molar-refractivity contribution in [3.8, 4) is 33.8 Å². The Balaban J connectivity index is 1.25. The van der Waals surface area contributed by atoms with E-state index in [0.29, 0.717) is 22.6 Å². The van der Waals surface area contributed by atoms with Crippen molar-refractivity contribution in [2.45, 2.75) is 18.6 Å². The third kappa shape index (κ3) is 7.29. The van der Waals surface area contributed by atoms with Crippen LogP contribution < -0.4 is 10.1 Å². The molecule has 0 aliphatic carbocycles. The Kier molecular flexibility index (Phi) is 8.57. The molecule has 0 saturated carbocycles. The molecule has 0 radical (unpaired) electrons. The van der Waals surface area contributed by atoms with Gasteiger partial charge < -0.3 is 15.2 Å². The van der Waals surface area contributed by atoms with Gasteiger partial charge in [0.2, 0.25) is 0 Å². The Bertz CT molecular complexity index is 1700. The van der Waals surface area contributed by atoms with Crippen LogP contribution in [0, 0.1) is 0 Å². The van der Waals surface area contributed by atoms with Gasteiger partial charge in [0.25, 0.3) is 5.91 Å². The average Bonchev–Trinajstić information content (AvgIpc) is 3.01. The first-order chi connectivity index (χ1) is 20.7. The number of ether oxygens (including phenoxy) is 1. The number of para-hydroxylation sites is 2. The fourth-order valence-corrected chi connectivity index (χ4v) is 4.57. The van der Waals surface area contributed by atoms with Crippen molar-refractivity contribution in [3.63, 3.8) is 0 Å². The van der Waals surface area contributed by atoms with Crippen LogP contribution in [0.5, 0.6) is 11.5 Å². The van der Waals surface area contributed by atoms with Crippen LogP contribution >= 0.6 is 0 Å². The van der Waals surface area contributed by atoms with Gasteiger partial charge in [0.1, 0.15) is 17.5 Å². The van der Waals surface area contributed by atoms with Crippen LogP contribution in [0.25, 0.3) is 22.3 Å². The van der Waals surface area contributed by atoms with Gasteiger partial charge in [-0.15, -0.1) is 0 Å². The van der Waals surface area contributed by atoms with Gasteiger partial charge in [0, 0.05) is 17.5 Å². The van der Waals surface area contributed by atoms with Gasteiger partial charge in [-0.1, -0.05) is 84.9 Å². The molecule has 8 heteroatoms. The number of carboxylic acid groups (broad SMARTS) is 1. The van der Waals surface area contributed by atoms with Gasteiger partial charge in [-0.3, -0.25) is 4.79 Å². The highest BCUT2D eigenvalue weighted by Gasteiger charge is 2.30. The zero-order valence-electron chi connectivity index (χ0n) is 22.7. The quantitative estimate of drug-likeness (QED) is 0.184. The summed E-state index contributed by atoms with van der Waals surface area (Å²) in [5.41, 5.74) is 3.14. The monoisotopic (exact) mass is 581 g/mol. The number of rotatable bonds is 9.